The molecule has 0 bridgehead atoms. The fourth-order valence-electron chi connectivity index (χ4n) is 1.70. The van der Waals surface area contributed by atoms with Crippen LogP contribution in [0.25, 0.3) is 0 Å². The zero-order valence-corrected chi connectivity index (χ0v) is 10.3. The van der Waals surface area contributed by atoms with E-state index in [2.05, 4.69) is 4.98 Å². The molecule has 1 aromatic carbocycles. The van der Waals surface area contributed by atoms with Crippen LogP contribution in [0, 0.1) is 0 Å². The zero-order chi connectivity index (χ0) is 13.8. The molecule has 19 heavy (non-hydrogen) atoms. The Kier molecular flexibility index (Phi) is 3.61. The number of hydrogen-bond acceptors (Lipinski definition) is 3. The molecule has 6 nitrogen and oxygen atoms in total. The number of aromatic amines is 2. The smallest absolute Gasteiger partial charge is 0.325 e. The normalized spacial score (nSPS) is 10.2. The lowest BCUT2D eigenvalue weighted by Crippen LogP contribution is -2.34. The van der Waals surface area contributed by atoms with Gasteiger partial charge in [0.25, 0.3) is 11.5 Å². The topological polar surface area (TPSA) is 86.0 Å². The minimum Gasteiger partial charge on any atom is -0.337 e. The fraction of sp³-hybridized carbons (Fsp3) is 0.154. The highest BCUT2D eigenvalue weighted by molar-refractivity contribution is 5.93. The molecular weight excluding hydrogens is 246 g/mol. The van der Waals surface area contributed by atoms with Gasteiger partial charge in [-0.25, -0.2) is 4.79 Å². The third kappa shape index (κ3) is 2.98. The van der Waals surface area contributed by atoms with Gasteiger partial charge in [0.15, 0.2) is 0 Å². The molecule has 0 unspecified atom stereocenters. The van der Waals surface area contributed by atoms with Gasteiger partial charge < -0.3 is 9.88 Å². The van der Waals surface area contributed by atoms with Crippen molar-refractivity contribution < 1.29 is 4.79 Å². The molecule has 98 valence electrons. The first-order valence-corrected chi connectivity index (χ1v) is 5.69. The lowest BCUT2D eigenvalue weighted by molar-refractivity contribution is 0.0782. The summed E-state index contributed by atoms with van der Waals surface area (Å²) in [6.07, 6.45) is 1.13. The average molecular weight is 259 g/mol. The molecule has 0 aliphatic carbocycles. The number of amides is 1. The van der Waals surface area contributed by atoms with Crippen LogP contribution in [0.3, 0.4) is 0 Å². The molecule has 0 spiro atoms. The molecule has 2 N–H and O–H groups in total. The Morgan fingerprint density at radius 3 is 2.53 bits per heavy atom. The molecule has 1 heterocycles. The van der Waals surface area contributed by atoms with E-state index < -0.39 is 17.2 Å². The Hall–Kier alpha value is -2.63. The first-order chi connectivity index (χ1) is 9.08. The Morgan fingerprint density at radius 2 is 1.89 bits per heavy atom. The van der Waals surface area contributed by atoms with Crippen molar-refractivity contribution in [2.75, 3.05) is 7.05 Å². The zero-order valence-electron chi connectivity index (χ0n) is 10.3. The van der Waals surface area contributed by atoms with Crippen LogP contribution in [0.2, 0.25) is 0 Å². The third-order valence-corrected chi connectivity index (χ3v) is 2.66. The second-order valence-corrected chi connectivity index (χ2v) is 4.13. The molecule has 6 heteroatoms. The SMILES string of the molecule is CN(Cc1ccccc1)C(=O)c1c[nH]c(=O)[nH]c1=O. The van der Waals surface area contributed by atoms with Crippen molar-refractivity contribution in [1.82, 2.24) is 14.9 Å². The highest BCUT2D eigenvalue weighted by atomic mass is 16.2. The van der Waals surface area contributed by atoms with E-state index in [9.17, 15) is 14.4 Å². The molecule has 0 fully saturated rings. The van der Waals surface area contributed by atoms with Gasteiger partial charge in [-0.05, 0) is 5.56 Å². The van der Waals surface area contributed by atoms with Crippen LogP contribution in [-0.4, -0.2) is 27.8 Å². The molecule has 2 aromatic rings. The van der Waals surface area contributed by atoms with Gasteiger partial charge in [0.05, 0.1) is 0 Å². The fourth-order valence-corrected chi connectivity index (χ4v) is 1.70. The Balaban J connectivity index is 2.20. The molecule has 1 aromatic heterocycles. The number of hydrogen-bond donors (Lipinski definition) is 2. The average Bonchev–Trinajstić information content (AvgIpc) is 2.39. The van der Waals surface area contributed by atoms with Gasteiger partial charge in [0.2, 0.25) is 0 Å². The van der Waals surface area contributed by atoms with E-state index in [1.165, 1.54) is 4.90 Å². The van der Waals surface area contributed by atoms with Crippen LogP contribution in [0.4, 0.5) is 0 Å². The second kappa shape index (κ2) is 5.34. The van der Waals surface area contributed by atoms with Crippen molar-refractivity contribution in [1.29, 1.82) is 0 Å². The standard InChI is InChI=1S/C13H13N3O3/c1-16(8-9-5-3-2-4-6-9)12(18)10-7-14-13(19)15-11(10)17/h2-7H,8H2,1H3,(H2,14,15,17,19). The molecule has 0 saturated carbocycles. The van der Waals surface area contributed by atoms with Crippen molar-refractivity contribution in [2.45, 2.75) is 6.54 Å². The Morgan fingerprint density at radius 1 is 1.21 bits per heavy atom. The van der Waals surface area contributed by atoms with Crippen LogP contribution >= 0.6 is 0 Å². The third-order valence-electron chi connectivity index (χ3n) is 2.66. The van der Waals surface area contributed by atoms with E-state index in [-0.39, 0.29) is 5.56 Å². The van der Waals surface area contributed by atoms with Crippen molar-refractivity contribution in [2.24, 2.45) is 0 Å². The van der Waals surface area contributed by atoms with Crippen molar-refractivity contribution >= 4 is 5.91 Å². The van der Waals surface area contributed by atoms with E-state index in [0.717, 1.165) is 11.8 Å². The Labute approximate surface area is 108 Å². The van der Waals surface area contributed by atoms with Crippen LogP contribution in [0.1, 0.15) is 15.9 Å². The maximum Gasteiger partial charge on any atom is 0.325 e. The molecule has 0 atom stereocenters. The van der Waals surface area contributed by atoms with E-state index >= 15 is 0 Å². The molecule has 0 saturated heterocycles. The van der Waals surface area contributed by atoms with E-state index in [1.54, 1.807) is 7.05 Å². The maximum absolute atomic E-state index is 12.1. The lowest BCUT2D eigenvalue weighted by atomic mass is 10.2. The first-order valence-electron chi connectivity index (χ1n) is 5.69. The molecule has 2 rings (SSSR count). The summed E-state index contributed by atoms with van der Waals surface area (Å²) in [6.45, 7) is 0.387. The molecule has 1 amide bonds. The van der Waals surface area contributed by atoms with Gasteiger partial charge in [-0.1, -0.05) is 30.3 Å². The highest BCUT2D eigenvalue weighted by Crippen LogP contribution is 2.04. The molecule has 0 radical (unpaired) electrons. The maximum atomic E-state index is 12.1. The van der Waals surface area contributed by atoms with Crippen LogP contribution in [0.5, 0.6) is 0 Å². The van der Waals surface area contributed by atoms with E-state index in [1.807, 2.05) is 35.3 Å². The quantitative estimate of drug-likeness (QED) is 0.833. The summed E-state index contributed by atoms with van der Waals surface area (Å²) in [5.41, 5.74) is -0.446. The number of nitrogens with zero attached hydrogens (tertiary/aromatic N) is 1. The van der Waals surface area contributed by atoms with E-state index in [0.29, 0.717) is 6.54 Å². The summed E-state index contributed by atoms with van der Waals surface area (Å²) in [7, 11) is 1.60. The van der Waals surface area contributed by atoms with Crippen molar-refractivity contribution in [3.63, 3.8) is 0 Å². The van der Waals surface area contributed by atoms with Crippen molar-refractivity contribution in [3.05, 3.63) is 68.5 Å². The van der Waals surface area contributed by atoms with Crippen LogP contribution in [-0.2, 0) is 6.54 Å². The predicted molar refractivity (Wildman–Crippen MR) is 69.9 cm³/mol. The van der Waals surface area contributed by atoms with Gasteiger partial charge in [0, 0.05) is 19.8 Å². The molecule has 0 aliphatic heterocycles. The predicted octanol–water partition coefficient (Wildman–Crippen LogP) is 0.335. The summed E-state index contributed by atoms with van der Waals surface area (Å²) in [6, 6.07) is 9.42. The van der Waals surface area contributed by atoms with Gasteiger partial charge in [-0.3, -0.25) is 14.6 Å². The number of aromatic nitrogens is 2. The number of H-pyrrole nitrogens is 2. The molecule has 0 aliphatic rings. The minimum atomic E-state index is -0.686. The van der Waals surface area contributed by atoms with Crippen LogP contribution < -0.4 is 11.2 Å². The minimum absolute atomic E-state index is 0.0852. The largest absolute Gasteiger partial charge is 0.337 e. The number of benzene rings is 1. The number of carbonyl (C=O) groups is 1. The molecular formula is C13H13N3O3. The number of nitrogens with one attached hydrogen (secondary N) is 2. The number of rotatable bonds is 3. The lowest BCUT2D eigenvalue weighted by Gasteiger charge is -2.16. The summed E-state index contributed by atoms with van der Waals surface area (Å²) in [5, 5.41) is 0. The van der Waals surface area contributed by atoms with E-state index in [4.69, 9.17) is 0 Å². The summed E-state index contributed by atoms with van der Waals surface area (Å²) >= 11 is 0. The van der Waals surface area contributed by atoms with Gasteiger partial charge >= 0.3 is 5.69 Å². The monoisotopic (exact) mass is 259 g/mol. The summed E-state index contributed by atoms with van der Waals surface area (Å²) < 4.78 is 0. The highest BCUT2D eigenvalue weighted by Gasteiger charge is 2.15. The summed E-state index contributed by atoms with van der Waals surface area (Å²) in [4.78, 5) is 40.2. The van der Waals surface area contributed by atoms with Gasteiger partial charge in [-0.15, -0.1) is 0 Å². The first kappa shape index (κ1) is 12.8. The van der Waals surface area contributed by atoms with Gasteiger partial charge in [-0.2, -0.15) is 0 Å². The van der Waals surface area contributed by atoms with Crippen LogP contribution in [0.15, 0.2) is 46.1 Å². The Bertz CT molecular complexity index is 688. The van der Waals surface area contributed by atoms with Crippen molar-refractivity contribution in [3.8, 4) is 0 Å². The van der Waals surface area contributed by atoms with Gasteiger partial charge in [0.1, 0.15) is 5.56 Å². The summed E-state index contributed by atoms with van der Waals surface area (Å²) in [5.74, 6) is -0.443. The second-order valence-electron chi connectivity index (χ2n) is 4.13. The number of carbonyl (C=O) groups excluding carboxylic acids is 1.